The predicted molar refractivity (Wildman–Crippen MR) is 132 cm³/mol. The number of hydrogen-bond donors (Lipinski definition) is 0. The van der Waals surface area contributed by atoms with Gasteiger partial charge in [0.1, 0.15) is 18.5 Å². The summed E-state index contributed by atoms with van der Waals surface area (Å²) in [6.45, 7) is 2.69. The van der Waals surface area contributed by atoms with E-state index in [1.165, 1.54) is 19.1 Å². The van der Waals surface area contributed by atoms with E-state index < -0.39 is 41.5 Å². The van der Waals surface area contributed by atoms with Crippen LogP contribution in [0.3, 0.4) is 0 Å². The van der Waals surface area contributed by atoms with Crippen LogP contribution in [0.4, 0.5) is 30.7 Å². The van der Waals surface area contributed by atoms with E-state index in [0.717, 1.165) is 24.8 Å². The molecule has 0 bridgehead atoms. The van der Waals surface area contributed by atoms with Crippen molar-refractivity contribution in [2.24, 2.45) is 0 Å². The van der Waals surface area contributed by atoms with Gasteiger partial charge in [0, 0.05) is 31.1 Å². The Morgan fingerprint density at radius 2 is 1.45 bits per heavy atom. The van der Waals surface area contributed by atoms with Crippen LogP contribution in [0, 0.1) is 5.82 Å². The molecule has 3 aromatic rings. The zero-order valence-electron chi connectivity index (χ0n) is 21.7. The second-order valence-electron chi connectivity index (χ2n) is 10.6. The van der Waals surface area contributed by atoms with Gasteiger partial charge >= 0.3 is 12.4 Å². The summed E-state index contributed by atoms with van der Waals surface area (Å²) in [6.07, 6.45) is -4.65. The maximum atomic E-state index is 13.7. The molecule has 2 unspecified atom stereocenters. The standard InChI is InChI=1S/C28H29F7N4O/c1-17(19-10-20(27(30,31)32)12-21(11-19)28(33,34)35)40-26-8-9-38(14-25(26)18-2-4-22(29)5-3-18)23-6-7-24(13-23)39-15-36-37-16-39/h2-5,10-12,15-17,23-26H,6-9,13-14H2,1H3/t17-,23?,24?,25-,26+/m1/s1. The van der Waals surface area contributed by atoms with Gasteiger partial charge in [-0.25, -0.2) is 4.39 Å². The summed E-state index contributed by atoms with van der Waals surface area (Å²) in [4.78, 5) is 2.36. The third-order valence-electron chi connectivity index (χ3n) is 8.09. The van der Waals surface area contributed by atoms with Crippen molar-refractivity contribution < 1.29 is 35.5 Å². The molecule has 2 heterocycles. The van der Waals surface area contributed by atoms with Gasteiger partial charge in [0.25, 0.3) is 0 Å². The van der Waals surface area contributed by atoms with Crippen LogP contribution < -0.4 is 0 Å². The number of hydrogen-bond acceptors (Lipinski definition) is 4. The molecule has 0 amide bonds. The van der Waals surface area contributed by atoms with Crippen LogP contribution >= 0.6 is 0 Å². The van der Waals surface area contributed by atoms with Gasteiger partial charge in [-0.15, -0.1) is 10.2 Å². The quantitative estimate of drug-likeness (QED) is 0.295. The molecule has 0 radical (unpaired) electrons. The molecule has 5 atom stereocenters. The lowest BCUT2D eigenvalue weighted by atomic mass is 9.86. The number of halogens is 7. The van der Waals surface area contributed by atoms with Crippen LogP contribution in [0.1, 0.15) is 72.9 Å². The van der Waals surface area contributed by atoms with Crippen LogP contribution in [0.5, 0.6) is 0 Å². The molecule has 1 saturated heterocycles. The molecule has 1 aliphatic carbocycles. The molecule has 40 heavy (non-hydrogen) atoms. The van der Waals surface area contributed by atoms with E-state index in [1.54, 1.807) is 24.8 Å². The number of likely N-dealkylation sites (tertiary alicyclic amines) is 1. The SMILES string of the molecule is C[C@@H](O[C@H]1CCN(C2CCC(n3cnnc3)C2)C[C@@H]1c1ccc(F)cc1)c1cc(C(F)(F)F)cc(C(F)(F)F)c1. The highest BCUT2D eigenvalue weighted by Crippen LogP contribution is 2.41. The smallest absolute Gasteiger partial charge is 0.370 e. The van der Waals surface area contributed by atoms with Gasteiger partial charge in [-0.05, 0) is 74.1 Å². The minimum Gasteiger partial charge on any atom is -0.370 e. The molecule has 1 aliphatic heterocycles. The average molecular weight is 571 g/mol. The third kappa shape index (κ3) is 6.33. The highest BCUT2D eigenvalue weighted by atomic mass is 19.4. The number of aromatic nitrogens is 3. The monoisotopic (exact) mass is 570 g/mol. The van der Waals surface area contributed by atoms with E-state index in [9.17, 15) is 30.7 Å². The first-order valence-electron chi connectivity index (χ1n) is 13.2. The van der Waals surface area contributed by atoms with Crippen LogP contribution in [-0.4, -0.2) is 44.9 Å². The maximum absolute atomic E-state index is 13.7. The molecule has 0 spiro atoms. The van der Waals surface area contributed by atoms with Gasteiger partial charge in [-0.3, -0.25) is 4.90 Å². The Bertz CT molecular complexity index is 1250. The Labute approximate surface area is 227 Å². The minimum atomic E-state index is -4.94. The van der Waals surface area contributed by atoms with Gasteiger partial charge in [-0.2, -0.15) is 26.3 Å². The first-order valence-corrected chi connectivity index (χ1v) is 13.2. The third-order valence-corrected chi connectivity index (χ3v) is 8.09. The summed E-state index contributed by atoms with van der Waals surface area (Å²) in [5.41, 5.74) is -2.14. The Kier molecular flexibility index (Phi) is 7.93. The number of alkyl halides is 6. The first kappa shape index (κ1) is 28.5. The highest BCUT2D eigenvalue weighted by molar-refractivity contribution is 5.35. The van der Waals surface area contributed by atoms with E-state index >= 15 is 0 Å². The summed E-state index contributed by atoms with van der Waals surface area (Å²) in [6, 6.07) is 8.11. The van der Waals surface area contributed by atoms with E-state index in [1.807, 2.05) is 4.57 Å². The number of ether oxygens (including phenoxy) is 1. The van der Waals surface area contributed by atoms with Gasteiger partial charge in [0.2, 0.25) is 0 Å². The van der Waals surface area contributed by atoms with Gasteiger partial charge < -0.3 is 9.30 Å². The van der Waals surface area contributed by atoms with E-state index in [2.05, 4.69) is 15.1 Å². The van der Waals surface area contributed by atoms with Crippen molar-refractivity contribution in [3.8, 4) is 0 Å². The molecule has 2 fully saturated rings. The summed E-state index contributed by atoms with van der Waals surface area (Å²) in [5.74, 6) is -0.655. The number of piperidine rings is 1. The molecule has 5 nitrogen and oxygen atoms in total. The molecular weight excluding hydrogens is 541 g/mol. The topological polar surface area (TPSA) is 43.2 Å². The van der Waals surface area contributed by atoms with Crippen molar-refractivity contribution in [2.45, 2.75) is 75.2 Å². The highest BCUT2D eigenvalue weighted by Gasteiger charge is 2.40. The minimum absolute atomic E-state index is 0.116. The normalized spacial score (nSPS) is 25.3. The Hall–Kier alpha value is -2.99. The van der Waals surface area contributed by atoms with Crippen molar-refractivity contribution in [1.29, 1.82) is 0 Å². The summed E-state index contributed by atoms with van der Waals surface area (Å²) < 4.78 is 103. The summed E-state index contributed by atoms with van der Waals surface area (Å²) in [7, 11) is 0. The predicted octanol–water partition coefficient (Wildman–Crippen LogP) is 7.18. The van der Waals surface area contributed by atoms with Crippen LogP contribution in [0.25, 0.3) is 0 Å². The number of rotatable bonds is 6. The molecule has 12 heteroatoms. The fourth-order valence-electron chi connectivity index (χ4n) is 5.97. The number of nitrogens with zero attached hydrogens (tertiary/aromatic N) is 4. The first-order chi connectivity index (χ1) is 18.9. The van der Waals surface area contributed by atoms with Gasteiger partial charge in [0.05, 0.1) is 23.3 Å². The molecule has 5 rings (SSSR count). The average Bonchev–Trinajstić information content (AvgIpc) is 3.61. The lowest BCUT2D eigenvalue weighted by Gasteiger charge is -2.42. The second kappa shape index (κ2) is 11.1. The lowest BCUT2D eigenvalue weighted by Crippen LogP contribution is -2.47. The van der Waals surface area contributed by atoms with Crippen molar-refractivity contribution in [3.05, 3.63) is 83.2 Å². The van der Waals surface area contributed by atoms with Crippen molar-refractivity contribution in [2.75, 3.05) is 13.1 Å². The number of benzene rings is 2. The molecule has 1 saturated carbocycles. The van der Waals surface area contributed by atoms with Gasteiger partial charge in [-0.1, -0.05) is 12.1 Å². The Morgan fingerprint density at radius 3 is 2.05 bits per heavy atom. The van der Waals surface area contributed by atoms with Crippen molar-refractivity contribution in [3.63, 3.8) is 0 Å². The van der Waals surface area contributed by atoms with Crippen LogP contribution in [0.2, 0.25) is 0 Å². The molecule has 2 aromatic carbocycles. The largest absolute Gasteiger partial charge is 0.416 e. The molecule has 0 N–H and O–H groups in total. The molecule has 216 valence electrons. The maximum Gasteiger partial charge on any atom is 0.416 e. The zero-order valence-corrected chi connectivity index (χ0v) is 21.7. The summed E-state index contributed by atoms with van der Waals surface area (Å²) >= 11 is 0. The fraction of sp³-hybridized carbons (Fsp3) is 0.500. The Balaban J connectivity index is 1.37. The fourth-order valence-corrected chi connectivity index (χ4v) is 5.97. The second-order valence-corrected chi connectivity index (χ2v) is 10.6. The molecular formula is C28H29F7N4O. The molecule has 1 aromatic heterocycles. The summed E-state index contributed by atoms with van der Waals surface area (Å²) in [5, 5.41) is 7.78. The van der Waals surface area contributed by atoms with Gasteiger partial charge in [0.15, 0.2) is 0 Å². The van der Waals surface area contributed by atoms with Crippen molar-refractivity contribution >= 4 is 0 Å². The Morgan fingerprint density at radius 1 is 0.850 bits per heavy atom. The van der Waals surface area contributed by atoms with E-state index in [4.69, 9.17) is 4.74 Å². The zero-order chi connectivity index (χ0) is 28.7. The van der Waals surface area contributed by atoms with Crippen LogP contribution in [-0.2, 0) is 17.1 Å². The van der Waals surface area contributed by atoms with Crippen molar-refractivity contribution in [1.82, 2.24) is 19.7 Å². The van der Waals surface area contributed by atoms with E-state index in [-0.39, 0.29) is 29.6 Å². The van der Waals surface area contributed by atoms with Crippen LogP contribution in [0.15, 0.2) is 55.1 Å². The lowest BCUT2D eigenvalue weighted by molar-refractivity contribution is -0.143. The molecule has 2 aliphatic rings. The van der Waals surface area contributed by atoms with E-state index in [0.29, 0.717) is 31.6 Å².